The number of nitrogens with zero attached hydrogens (tertiary/aromatic N) is 1. The van der Waals surface area contributed by atoms with Gasteiger partial charge in [0, 0.05) is 28.6 Å². The number of aromatic amines is 1. The first-order chi connectivity index (χ1) is 14.4. The molecular formula is C24H22ClN3O2. The molecule has 0 saturated heterocycles. The maximum atomic E-state index is 13.5. The molecule has 5 rings (SSSR count). The largest absolute Gasteiger partial charge is 0.343 e. The Balaban J connectivity index is 1.77. The van der Waals surface area contributed by atoms with Crippen LogP contribution in [0.15, 0.2) is 70.7 Å². The fourth-order valence-corrected chi connectivity index (χ4v) is 4.91. The molecule has 5 nitrogen and oxygen atoms in total. The molecule has 6 heteroatoms. The molecular weight excluding hydrogens is 398 g/mol. The first kappa shape index (κ1) is 18.9. The van der Waals surface area contributed by atoms with Crippen molar-refractivity contribution in [2.45, 2.75) is 32.6 Å². The van der Waals surface area contributed by atoms with E-state index in [9.17, 15) is 9.59 Å². The second kappa shape index (κ2) is 6.74. The maximum Gasteiger partial charge on any atom is 0.277 e. The Morgan fingerprint density at radius 3 is 2.43 bits per heavy atom. The summed E-state index contributed by atoms with van der Waals surface area (Å²) in [5.41, 5.74) is 3.24. The predicted octanol–water partition coefficient (Wildman–Crippen LogP) is 5.02. The number of benzene rings is 2. The minimum atomic E-state index is -0.498. The van der Waals surface area contributed by atoms with Crippen molar-refractivity contribution in [2.75, 3.05) is 5.32 Å². The molecule has 0 radical (unpaired) electrons. The number of aromatic nitrogens is 2. The highest BCUT2D eigenvalue weighted by Crippen LogP contribution is 2.48. The molecule has 2 aromatic carbocycles. The van der Waals surface area contributed by atoms with E-state index in [0.717, 1.165) is 23.4 Å². The molecule has 1 aliphatic heterocycles. The van der Waals surface area contributed by atoms with Gasteiger partial charge in [-0.15, -0.1) is 0 Å². The van der Waals surface area contributed by atoms with Crippen LogP contribution in [0.5, 0.6) is 0 Å². The fourth-order valence-electron chi connectivity index (χ4n) is 4.67. The van der Waals surface area contributed by atoms with E-state index in [2.05, 4.69) is 24.3 Å². The summed E-state index contributed by atoms with van der Waals surface area (Å²) in [6.07, 6.45) is 1.17. The average Bonchev–Trinajstić information content (AvgIpc) is 3.03. The third-order valence-electron chi connectivity index (χ3n) is 5.93. The van der Waals surface area contributed by atoms with Crippen LogP contribution in [0.3, 0.4) is 0 Å². The standard InChI is InChI=1S/C24H22ClN3O2/c1-24(2)12-17-20(18(29)13-24)19(15-10-6-7-11-16(15)25)21-22(26-17)27-28(23(21)30)14-8-4-3-5-9-14/h3-11,19,26-27H,12-13H2,1-2H3/t19-/m0/s1. The molecule has 2 N–H and O–H groups in total. The Kier molecular flexibility index (Phi) is 4.26. The van der Waals surface area contributed by atoms with E-state index >= 15 is 0 Å². The highest BCUT2D eigenvalue weighted by molar-refractivity contribution is 6.31. The zero-order valence-corrected chi connectivity index (χ0v) is 17.6. The molecule has 0 amide bonds. The van der Waals surface area contributed by atoms with Crippen LogP contribution < -0.4 is 10.9 Å². The van der Waals surface area contributed by atoms with Gasteiger partial charge in [-0.25, -0.2) is 4.68 Å². The van der Waals surface area contributed by atoms with E-state index < -0.39 is 5.92 Å². The highest BCUT2D eigenvalue weighted by Gasteiger charge is 2.43. The van der Waals surface area contributed by atoms with Gasteiger partial charge in [-0.3, -0.25) is 14.7 Å². The zero-order chi connectivity index (χ0) is 21.0. The Bertz CT molecular complexity index is 1250. The normalized spacial score (nSPS) is 19.8. The summed E-state index contributed by atoms with van der Waals surface area (Å²) in [5.74, 6) is 0.191. The number of rotatable bonds is 2. The summed E-state index contributed by atoms with van der Waals surface area (Å²) < 4.78 is 1.52. The topological polar surface area (TPSA) is 66.9 Å². The van der Waals surface area contributed by atoms with Crippen molar-refractivity contribution in [3.05, 3.63) is 92.4 Å². The van der Waals surface area contributed by atoms with Crippen molar-refractivity contribution >= 4 is 23.2 Å². The van der Waals surface area contributed by atoms with Gasteiger partial charge in [0.1, 0.15) is 5.82 Å². The van der Waals surface area contributed by atoms with Crippen LogP contribution in [0.4, 0.5) is 5.82 Å². The number of fused-ring (bicyclic) bond motifs is 1. The van der Waals surface area contributed by atoms with E-state index in [1.165, 1.54) is 4.68 Å². The summed E-state index contributed by atoms with van der Waals surface area (Å²) in [6, 6.07) is 16.9. The van der Waals surface area contributed by atoms with Crippen LogP contribution in [-0.4, -0.2) is 15.6 Å². The van der Waals surface area contributed by atoms with Crippen molar-refractivity contribution in [3.8, 4) is 5.69 Å². The SMILES string of the molecule is CC1(C)CC(=O)C2=C(C1)Nc1[nH]n(-c3ccccc3)c(=O)c1[C@H]2c1ccccc1Cl. The smallest absolute Gasteiger partial charge is 0.277 e. The van der Waals surface area contributed by atoms with Crippen molar-refractivity contribution < 1.29 is 4.79 Å². The number of Topliss-reactive ketones (excluding diaryl/α,β-unsaturated/α-hetero) is 1. The van der Waals surface area contributed by atoms with E-state index in [-0.39, 0.29) is 16.8 Å². The number of ketones is 1. The molecule has 3 aromatic rings. The maximum absolute atomic E-state index is 13.5. The lowest BCUT2D eigenvalue weighted by molar-refractivity contribution is -0.118. The molecule has 1 atom stereocenters. The van der Waals surface area contributed by atoms with Crippen LogP contribution in [0, 0.1) is 5.41 Å². The number of carbonyl (C=O) groups is 1. The third-order valence-corrected chi connectivity index (χ3v) is 6.27. The van der Waals surface area contributed by atoms with Crippen molar-refractivity contribution in [3.63, 3.8) is 0 Å². The molecule has 2 heterocycles. The lowest BCUT2D eigenvalue weighted by Gasteiger charge is -2.38. The minimum absolute atomic E-state index is 0.0659. The summed E-state index contributed by atoms with van der Waals surface area (Å²) >= 11 is 6.56. The van der Waals surface area contributed by atoms with Gasteiger partial charge in [-0.2, -0.15) is 0 Å². The van der Waals surface area contributed by atoms with Gasteiger partial charge in [-0.05, 0) is 35.6 Å². The van der Waals surface area contributed by atoms with Gasteiger partial charge in [0.25, 0.3) is 5.56 Å². The van der Waals surface area contributed by atoms with Crippen LogP contribution in [0.2, 0.25) is 5.02 Å². The first-order valence-electron chi connectivity index (χ1n) is 10.0. The molecule has 0 spiro atoms. The van der Waals surface area contributed by atoms with E-state index in [1.54, 1.807) is 6.07 Å². The van der Waals surface area contributed by atoms with E-state index in [0.29, 0.717) is 28.4 Å². The Morgan fingerprint density at radius 1 is 1.00 bits per heavy atom. The first-order valence-corrected chi connectivity index (χ1v) is 10.4. The molecule has 0 bridgehead atoms. The van der Waals surface area contributed by atoms with Crippen LogP contribution in [0.1, 0.15) is 43.7 Å². The van der Waals surface area contributed by atoms with Crippen molar-refractivity contribution in [1.29, 1.82) is 0 Å². The van der Waals surface area contributed by atoms with Crippen molar-refractivity contribution in [2.24, 2.45) is 5.41 Å². The summed E-state index contributed by atoms with van der Waals surface area (Å²) in [5, 5.41) is 7.14. The molecule has 0 unspecified atom stereocenters. The van der Waals surface area contributed by atoms with Gasteiger partial charge >= 0.3 is 0 Å². The zero-order valence-electron chi connectivity index (χ0n) is 16.8. The quantitative estimate of drug-likeness (QED) is 0.612. The van der Waals surface area contributed by atoms with E-state index in [4.69, 9.17) is 11.6 Å². The fraction of sp³-hybridized carbons (Fsp3) is 0.250. The Hall–Kier alpha value is -3.05. The second-order valence-corrected chi connectivity index (χ2v) is 9.20. The molecule has 0 fully saturated rings. The van der Waals surface area contributed by atoms with Gasteiger partial charge in [0.15, 0.2) is 5.78 Å². The van der Waals surface area contributed by atoms with Gasteiger partial charge in [0.05, 0.1) is 11.3 Å². The minimum Gasteiger partial charge on any atom is -0.343 e. The van der Waals surface area contributed by atoms with Crippen LogP contribution in [-0.2, 0) is 4.79 Å². The molecule has 1 aliphatic carbocycles. The Morgan fingerprint density at radius 2 is 1.70 bits per heavy atom. The van der Waals surface area contributed by atoms with Gasteiger partial charge in [0.2, 0.25) is 0 Å². The number of carbonyl (C=O) groups excluding carboxylic acids is 1. The monoisotopic (exact) mass is 419 g/mol. The van der Waals surface area contributed by atoms with Crippen molar-refractivity contribution in [1.82, 2.24) is 9.78 Å². The number of hydrogen-bond donors (Lipinski definition) is 2. The third kappa shape index (κ3) is 2.92. The number of allylic oxidation sites excluding steroid dienone is 2. The second-order valence-electron chi connectivity index (χ2n) is 8.79. The Labute approximate surface area is 179 Å². The molecule has 152 valence electrons. The molecule has 2 aliphatic rings. The van der Waals surface area contributed by atoms with E-state index in [1.807, 2.05) is 48.5 Å². The number of hydrogen-bond acceptors (Lipinski definition) is 3. The number of para-hydroxylation sites is 1. The summed E-state index contributed by atoms with van der Waals surface area (Å²) in [6.45, 7) is 4.18. The van der Waals surface area contributed by atoms with Gasteiger partial charge in [-0.1, -0.05) is 61.8 Å². The average molecular weight is 420 g/mol. The lowest BCUT2D eigenvalue weighted by atomic mass is 9.69. The molecule has 1 aromatic heterocycles. The number of H-pyrrole nitrogens is 1. The predicted molar refractivity (Wildman–Crippen MR) is 118 cm³/mol. The highest BCUT2D eigenvalue weighted by atomic mass is 35.5. The van der Waals surface area contributed by atoms with Gasteiger partial charge < -0.3 is 5.32 Å². The lowest BCUT2D eigenvalue weighted by Crippen LogP contribution is -2.35. The van der Waals surface area contributed by atoms with Crippen LogP contribution >= 0.6 is 11.6 Å². The molecule has 30 heavy (non-hydrogen) atoms. The number of halogens is 1. The molecule has 0 saturated carbocycles. The van der Waals surface area contributed by atoms with Crippen LogP contribution in [0.25, 0.3) is 5.69 Å². The number of anilines is 1. The summed E-state index contributed by atoms with van der Waals surface area (Å²) in [4.78, 5) is 26.8. The number of nitrogens with one attached hydrogen (secondary N) is 2. The summed E-state index contributed by atoms with van der Waals surface area (Å²) in [7, 11) is 0.